The minimum absolute atomic E-state index is 0.505. The Morgan fingerprint density at radius 2 is 1.09 bits per heavy atom. The van der Waals surface area contributed by atoms with Crippen molar-refractivity contribution in [3.63, 3.8) is 0 Å². The van der Waals surface area contributed by atoms with E-state index < -0.39 is 17.2 Å². The fourth-order valence-electron chi connectivity index (χ4n) is 3.56. The van der Waals surface area contributed by atoms with Crippen molar-refractivity contribution in [3.05, 3.63) is 48.5 Å². The quantitative estimate of drug-likeness (QED) is 0.415. The van der Waals surface area contributed by atoms with Crippen LogP contribution < -0.4 is 9.05 Å². The van der Waals surface area contributed by atoms with E-state index in [0.29, 0.717) is 49.8 Å². The zero-order chi connectivity index (χ0) is 22.2. The number of hydrogen-bond acceptors (Lipinski definition) is 6. The van der Waals surface area contributed by atoms with E-state index >= 15 is 0 Å². The van der Waals surface area contributed by atoms with Crippen molar-refractivity contribution in [2.45, 2.75) is 39.5 Å². The first-order chi connectivity index (χ1) is 15.7. The summed E-state index contributed by atoms with van der Waals surface area (Å²) in [4.78, 5) is 0. The van der Waals surface area contributed by atoms with Crippen LogP contribution in [0.2, 0.25) is 0 Å². The SMILES string of the molecule is CC1CCCOP(Oc2ccccc2-c2ccccc2OP2OCCCC(C)CO2)OC1. The third-order valence-corrected chi connectivity index (χ3v) is 7.61. The summed E-state index contributed by atoms with van der Waals surface area (Å²) in [7, 11) is -2.90. The van der Waals surface area contributed by atoms with Crippen LogP contribution in [0, 0.1) is 11.8 Å². The number of rotatable bonds is 5. The fraction of sp³-hybridized carbons (Fsp3) is 0.500. The summed E-state index contributed by atoms with van der Waals surface area (Å²) in [5.74, 6) is 2.43. The van der Waals surface area contributed by atoms with Crippen LogP contribution in [0.4, 0.5) is 0 Å². The maximum atomic E-state index is 6.23. The molecule has 8 heteroatoms. The third kappa shape index (κ3) is 6.87. The van der Waals surface area contributed by atoms with E-state index in [1.165, 1.54) is 0 Å². The van der Waals surface area contributed by atoms with Gasteiger partial charge in [0.15, 0.2) is 0 Å². The minimum atomic E-state index is -1.45. The van der Waals surface area contributed by atoms with E-state index in [0.717, 1.165) is 36.8 Å². The van der Waals surface area contributed by atoms with Crippen LogP contribution in [0.25, 0.3) is 11.1 Å². The van der Waals surface area contributed by atoms with Gasteiger partial charge in [-0.2, -0.15) is 0 Å². The molecule has 4 rings (SSSR count). The van der Waals surface area contributed by atoms with Gasteiger partial charge < -0.3 is 27.1 Å². The highest BCUT2D eigenvalue weighted by atomic mass is 31.2. The molecule has 2 fully saturated rings. The molecule has 0 bridgehead atoms. The molecule has 0 amide bonds. The van der Waals surface area contributed by atoms with Crippen molar-refractivity contribution >= 4 is 17.2 Å². The molecule has 0 saturated carbocycles. The molecule has 2 aromatic rings. The summed E-state index contributed by atoms with van der Waals surface area (Å²) in [5.41, 5.74) is 1.84. The Kier molecular flexibility index (Phi) is 9.16. The molecule has 32 heavy (non-hydrogen) atoms. The van der Waals surface area contributed by atoms with Gasteiger partial charge in [0.2, 0.25) is 0 Å². The predicted molar refractivity (Wildman–Crippen MR) is 128 cm³/mol. The first-order valence-corrected chi connectivity index (χ1v) is 13.5. The minimum Gasteiger partial charge on any atom is -0.426 e. The Morgan fingerprint density at radius 3 is 1.56 bits per heavy atom. The van der Waals surface area contributed by atoms with Crippen molar-refractivity contribution in [1.29, 1.82) is 0 Å². The van der Waals surface area contributed by atoms with Crippen LogP contribution in [0.5, 0.6) is 11.5 Å². The molecule has 2 aliphatic heterocycles. The van der Waals surface area contributed by atoms with Crippen molar-refractivity contribution in [2.75, 3.05) is 26.4 Å². The molecule has 2 heterocycles. The zero-order valence-corrected chi connectivity index (χ0v) is 20.6. The second-order valence-electron chi connectivity index (χ2n) is 8.37. The molecule has 4 atom stereocenters. The number of hydrogen-bond donors (Lipinski definition) is 0. The monoisotopic (exact) mass is 478 g/mol. The number of benzene rings is 2. The maximum Gasteiger partial charge on any atom is 0.397 e. The van der Waals surface area contributed by atoms with E-state index in [-0.39, 0.29) is 0 Å². The molecule has 4 unspecified atom stereocenters. The van der Waals surface area contributed by atoms with Crippen LogP contribution in [0.15, 0.2) is 48.5 Å². The second-order valence-corrected chi connectivity index (χ2v) is 10.7. The number of para-hydroxylation sites is 2. The topological polar surface area (TPSA) is 55.4 Å². The average Bonchev–Trinajstić information content (AvgIpc) is 2.79. The van der Waals surface area contributed by atoms with Crippen LogP contribution in [0.1, 0.15) is 39.5 Å². The van der Waals surface area contributed by atoms with Crippen molar-refractivity contribution in [1.82, 2.24) is 0 Å². The van der Waals surface area contributed by atoms with Crippen molar-refractivity contribution in [2.24, 2.45) is 11.8 Å². The Labute approximate surface area is 193 Å². The molecule has 0 aliphatic carbocycles. The van der Waals surface area contributed by atoms with Crippen molar-refractivity contribution in [3.8, 4) is 22.6 Å². The summed E-state index contributed by atoms with van der Waals surface area (Å²) in [6.45, 7) is 6.98. The Hall–Kier alpha value is -1.26. The van der Waals surface area contributed by atoms with Gasteiger partial charge in [-0.3, -0.25) is 0 Å². The molecule has 2 aliphatic rings. The standard InChI is InChI=1S/C24H32O6P2/c1-19-9-7-15-25-31(27-17-19)29-23-13-5-3-11-21(23)22-12-4-6-14-24(22)30-32-26-16-8-10-20(2)18-28-32/h3-6,11-14,19-20H,7-10,15-18H2,1-2H3. The lowest BCUT2D eigenvalue weighted by molar-refractivity contribution is 0.151. The zero-order valence-electron chi connectivity index (χ0n) is 18.8. The summed E-state index contributed by atoms with van der Waals surface area (Å²) in [5, 5.41) is 0. The Bertz CT molecular complexity index is 781. The van der Waals surface area contributed by atoms with Gasteiger partial charge in [0, 0.05) is 11.1 Å². The summed E-state index contributed by atoms with van der Waals surface area (Å²) in [6, 6.07) is 15.8. The van der Waals surface area contributed by atoms with Crippen LogP contribution in [-0.4, -0.2) is 26.4 Å². The van der Waals surface area contributed by atoms with Gasteiger partial charge in [-0.1, -0.05) is 50.2 Å². The Balaban J connectivity index is 1.53. The van der Waals surface area contributed by atoms with E-state index in [1.807, 2.05) is 48.5 Å². The first kappa shape index (κ1) is 23.9. The molecule has 2 aromatic carbocycles. The largest absolute Gasteiger partial charge is 0.426 e. The van der Waals surface area contributed by atoms with E-state index in [9.17, 15) is 0 Å². The smallest absolute Gasteiger partial charge is 0.397 e. The first-order valence-electron chi connectivity index (χ1n) is 11.4. The normalized spacial score (nSPS) is 27.4. The lowest BCUT2D eigenvalue weighted by Crippen LogP contribution is -2.12. The second kappa shape index (κ2) is 12.3. The van der Waals surface area contributed by atoms with Gasteiger partial charge in [-0.25, -0.2) is 0 Å². The lowest BCUT2D eigenvalue weighted by atomic mass is 10.0. The van der Waals surface area contributed by atoms with Crippen molar-refractivity contribution < 1.29 is 27.1 Å². The van der Waals surface area contributed by atoms with Crippen LogP contribution in [-0.2, 0) is 18.1 Å². The van der Waals surface area contributed by atoms with E-state index in [4.69, 9.17) is 27.1 Å². The fourth-order valence-corrected chi connectivity index (χ4v) is 5.87. The molecule has 174 valence electrons. The van der Waals surface area contributed by atoms with E-state index in [1.54, 1.807) is 0 Å². The van der Waals surface area contributed by atoms with Gasteiger partial charge in [-0.15, -0.1) is 0 Å². The van der Waals surface area contributed by atoms with Gasteiger partial charge >= 0.3 is 17.2 Å². The highest BCUT2D eigenvalue weighted by Gasteiger charge is 2.24. The Morgan fingerprint density at radius 1 is 0.656 bits per heavy atom. The molecule has 0 spiro atoms. The maximum absolute atomic E-state index is 6.23. The highest BCUT2D eigenvalue weighted by Crippen LogP contribution is 2.49. The summed E-state index contributed by atoms with van der Waals surface area (Å²) in [6.07, 6.45) is 4.26. The highest BCUT2D eigenvalue weighted by molar-refractivity contribution is 7.42. The molecule has 6 nitrogen and oxygen atoms in total. The van der Waals surface area contributed by atoms with Gasteiger partial charge in [0.1, 0.15) is 11.5 Å². The molecule has 0 aromatic heterocycles. The van der Waals surface area contributed by atoms with Gasteiger partial charge in [0.05, 0.1) is 26.4 Å². The molecule has 2 saturated heterocycles. The van der Waals surface area contributed by atoms with Gasteiger partial charge in [0.25, 0.3) is 0 Å². The van der Waals surface area contributed by atoms with E-state index in [2.05, 4.69) is 13.8 Å². The molecular weight excluding hydrogens is 446 g/mol. The summed E-state index contributed by atoms with van der Waals surface area (Å²) >= 11 is 0. The molecular formula is C24H32O6P2. The van der Waals surface area contributed by atoms with Crippen LogP contribution >= 0.6 is 17.2 Å². The van der Waals surface area contributed by atoms with Crippen LogP contribution in [0.3, 0.4) is 0 Å². The lowest BCUT2D eigenvalue weighted by Gasteiger charge is -2.25. The van der Waals surface area contributed by atoms with Gasteiger partial charge in [-0.05, 0) is 49.7 Å². The summed E-state index contributed by atoms with van der Waals surface area (Å²) < 4.78 is 36.0. The molecule has 0 radical (unpaired) electrons. The third-order valence-electron chi connectivity index (χ3n) is 5.41. The predicted octanol–water partition coefficient (Wildman–Crippen LogP) is 7.49. The molecule has 0 N–H and O–H groups in total. The average molecular weight is 478 g/mol.